The molecule has 6 nitrogen and oxygen atoms in total. The molecule has 2 N–H and O–H groups in total. The van der Waals surface area contributed by atoms with Gasteiger partial charge in [-0.15, -0.1) is 0 Å². The number of benzene rings is 2. The van der Waals surface area contributed by atoms with Crippen molar-refractivity contribution in [2.24, 2.45) is 0 Å². The third kappa shape index (κ3) is 5.39. The highest BCUT2D eigenvalue weighted by Gasteiger charge is 2.22. The molecule has 0 atom stereocenters. The van der Waals surface area contributed by atoms with Crippen LogP contribution in [0.2, 0.25) is 0 Å². The zero-order valence-corrected chi connectivity index (χ0v) is 15.4. The molecule has 0 aromatic heterocycles. The van der Waals surface area contributed by atoms with Crippen molar-refractivity contribution in [2.75, 3.05) is 19.6 Å². The molecule has 0 aliphatic carbocycles. The molecule has 0 bridgehead atoms. The van der Waals surface area contributed by atoms with Gasteiger partial charge >= 0.3 is 0 Å². The Labute approximate surface area is 162 Å². The molecule has 0 saturated carbocycles. The SMILES string of the molecule is O=C(CCc1ccc(F)cc1)NCc1ccc(C(=O)N2CCNC(=O)C2)cc1. The molecule has 3 amide bonds. The molecule has 0 spiro atoms. The number of carbonyl (C=O) groups excluding carboxylic acids is 3. The van der Waals surface area contributed by atoms with Crippen LogP contribution in [-0.2, 0) is 22.6 Å². The van der Waals surface area contributed by atoms with E-state index in [9.17, 15) is 18.8 Å². The van der Waals surface area contributed by atoms with E-state index in [2.05, 4.69) is 10.6 Å². The molecular weight excluding hydrogens is 361 g/mol. The topological polar surface area (TPSA) is 78.5 Å². The highest BCUT2D eigenvalue weighted by molar-refractivity contribution is 5.97. The predicted octanol–water partition coefficient (Wildman–Crippen LogP) is 1.65. The van der Waals surface area contributed by atoms with E-state index in [0.717, 1.165) is 11.1 Å². The molecule has 0 unspecified atom stereocenters. The van der Waals surface area contributed by atoms with E-state index in [4.69, 9.17) is 0 Å². The minimum Gasteiger partial charge on any atom is -0.353 e. The lowest BCUT2D eigenvalue weighted by Crippen LogP contribution is -2.49. The molecule has 3 rings (SSSR count). The summed E-state index contributed by atoms with van der Waals surface area (Å²) in [6.45, 7) is 1.40. The van der Waals surface area contributed by atoms with Crippen LogP contribution in [0.4, 0.5) is 4.39 Å². The van der Waals surface area contributed by atoms with Crippen LogP contribution >= 0.6 is 0 Å². The summed E-state index contributed by atoms with van der Waals surface area (Å²) >= 11 is 0. The quantitative estimate of drug-likeness (QED) is 0.796. The second-order valence-corrected chi connectivity index (χ2v) is 6.68. The second kappa shape index (κ2) is 9.12. The number of halogens is 1. The van der Waals surface area contributed by atoms with Crippen LogP contribution in [0.25, 0.3) is 0 Å². The minimum atomic E-state index is -0.293. The zero-order chi connectivity index (χ0) is 19.9. The van der Waals surface area contributed by atoms with Crippen LogP contribution in [0.5, 0.6) is 0 Å². The maximum atomic E-state index is 12.9. The van der Waals surface area contributed by atoms with Crippen molar-refractivity contribution in [1.82, 2.24) is 15.5 Å². The van der Waals surface area contributed by atoms with Crippen LogP contribution < -0.4 is 10.6 Å². The lowest BCUT2D eigenvalue weighted by molar-refractivity contribution is -0.123. The number of carbonyl (C=O) groups is 3. The first kappa shape index (κ1) is 19.5. The lowest BCUT2D eigenvalue weighted by Gasteiger charge is -2.26. The second-order valence-electron chi connectivity index (χ2n) is 6.68. The predicted molar refractivity (Wildman–Crippen MR) is 102 cm³/mol. The van der Waals surface area contributed by atoms with Crippen molar-refractivity contribution < 1.29 is 18.8 Å². The van der Waals surface area contributed by atoms with Gasteiger partial charge in [0.25, 0.3) is 5.91 Å². The van der Waals surface area contributed by atoms with Gasteiger partial charge < -0.3 is 15.5 Å². The zero-order valence-electron chi connectivity index (χ0n) is 15.4. The molecule has 1 saturated heterocycles. The Morgan fingerprint density at radius 3 is 2.39 bits per heavy atom. The smallest absolute Gasteiger partial charge is 0.254 e. The first-order valence-electron chi connectivity index (χ1n) is 9.17. The summed E-state index contributed by atoms with van der Waals surface area (Å²) in [5.41, 5.74) is 2.30. The van der Waals surface area contributed by atoms with E-state index >= 15 is 0 Å². The standard InChI is InChI=1S/C21H22FN3O3/c22-18-8-3-15(4-9-18)5-10-19(26)24-13-16-1-6-17(7-2-16)21(28)25-12-11-23-20(27)14-25/h1-4,6-9H,5,10-14H2,(H,23,27)(H,24,26). The monoisotopic (exact) mass is 383 g/mol. The average Bonchev–Trinajstić information content (AvgIpc) is 2.71. The largest absolute Gasteiger partial charge is 0.353 e. The summed E-state index contributed by atoms with van der Waals surface area (Å²) in [5.74, 6) is -0.716. The number of hydrogen-bond donors (Lipinski definition) is 2. The van der Waals surface area contributed by atoms with Gasteiger partial charge in [0.15, 0.2) is 0 Å². The Hall–Kier alpha value is -3.22. The summed E-state index contributed by atoms with van der Waals surface area (Å²) in [7, 11) is 0. The fourth-order valence-electron chi connectivity index (χ4n) is 2.96. The Morgan fingerprint density at radius 2 is 1.71 bits per heavy atom. The van der Waals surface area contributed by atoms with E-state index in [-0.39, 0.29) is 30.1 Å². The maximum Gasteiger partial charge on any atom is 0.254 e. The van der Waals surface area contributed by atoms with Crippen LogP contribution in [0.15, 0.2) is 48.5 Å². The molecule has 1 fully saturated rings. The number of nitrogens with zero attached hydrogens (tertiary/aromatic N) is 1. The maximum absolute atomic E-state index is 12.9. The average molecular weight is 383 g/mol. The van der Waals surface area contributed by atoms with Crippen molar-refractivity contribution in [3.63, 3.8) is 0 Å². The number of piperazine rings is 1. The third-order valence-corrected chi connectivity index (χ3v) is 4.57. The number of hydrogen-bond acceptors (Lipinski definition) is 3. The van der Waals surface area contributed by atoms with Crippen LogP contribution in [0, 0.1) is 5.82 Å². The van der Waals surface area contributed by atoms with Crippen molar-refractivity contribution in [3.05, 3.63) is 71.0 Å². The fraction of sp³-hybridized carbons (Fsp3) is 0.286. The fourth-order valence-corrected chi connectivity index (χ4v) is 2.96. The molecular formula is C21H22FN3O3. The van der Waals surface area contributed by atoms with E-state index in [1.54, 1.807) is 36.4 Å². The highest BCUT2D eigenvalue weighted by atomic mass is 19.1. The summed E-state index contributed by atoms with van der Waals surface area (Å²) in [5, 5.41) is 5.53. The van der Waals surface area contributed by atoms with Gasteiger partial charge in [0, 0.05) is 31.6 Å². The van der Waals surface area contributed by atoms with E-state index in [1.807, 2.05) is 0 Å². The number of aryl methyl sites for hydroxylation is 1. The van der Waals surface area contributed by atoms with E-state index < -0.39 is 0 Å². The summed E-state index contributed by atoms with van der Waals surface area (Å²) in [4.78, 5) is 37.3. The Bertz CT molecular complexity index is 850. The van der Waals surface area contributed by atoms with Gasteiger partial charge in [0.1, 0.15) is 5.82 Å². The minimum absolute atomic E-state index is 0.0741. The summed E-state index contributed by atoms with van der Waals surface area (Å²) in [6, 6.07) is 13.1. The lowest BCUT2D eigenvalue weighted by atomic mass is 10.1. The van der Waals surface area contributed by atoms with Gasteiger partial charge in [-0.05, 0) is 41.8 Å². The Balaban J connectivity index is 1.46. The van der Waals surface area contributed by atoms with Gasteiger partial charge in [-0.2, -0.15) is 0 Å². The van der Waals surface area contributed by atoms with Crippen molar-refractivity contribution >= 4 is 17.7 Å². The highest BCUT2D eigenvalue weighted by Crippen LogP contribution is 2.10. The van der Waals surface area contributed by atoms with Gasteiger partial charge in [-0.25, -0.2) is 4.39 Å². The summed E-state index contributed by atoms with van der Waals surface area (Å²) in [6.07, 6.45) is 0.863. The molecule has 0 radical (unpaired) electrons. The number of nitrogens with one attached hydrogen (secondary N) is 2. The summed E-state index contributed by atoms with van der Waals surface area (Å²) < 4.78 is 12.9. The van der Waals surface area contributed by atoms with Crippen LogP contribution in [-0.4, -0.2) is 42.3 Å². The van der Waals surface area contributed by atoms with Crippen LogP contribution in [0.1, 0.15) is 27.9 Å². The third-order valence-electron chi connectivity index (χ3n) is 4.57. The van der Waals surface area contributed by atoms with Gasteiger partial charge in [-0.3, -0.25) is 14.4 Å². The molecule has 1 aliphatic heterocycles. The van der Waals surface area contributed by atoms with Crippen molar-refractivity contribution in [1.29, 1.82) is 0 Å². The molecule has 1 aliphatic rings. The first-order valence-corrected chi connectivity index (χ1v) is 9.17. The van der Waals surface area contributed by atoms with E-state index in [1.165, 1.54) is 17.0 Å². The molecule has 2 aromatic carbocycles. The molecule has 1 heterocycles. The van der Waals surface area contributed by atoms with Crippen LogP contribution in [0.3, 0.4) is 0 Å². The normalized spacial score (nSPS) is 13.8. The molecule has 2 aromatic rings. The van der Waals surface area contributed by atoms with Crippen molar-refractivity contribution in [2.45, 2.75) is 19.4 Å². The molecule has 28 heavy (non-hydrogen) atoms. The number of amides is 3. The van der Waals surface area contributed by atoms with Crippen molar-refractivity contribution in [3.8, 4) is 0 Å². The Morgan fingerprint density at radius 1 is 1.04 bits per heavy atom. The number of rotatable bonds is 6. The Kier molecular flexibility index (Phi) is 6.37. The van der Waals surface area contributed by atoms with Gasteiger partial charge in [-0.1, -0.05) is 24.3 Å². The first-order chi connectivity index (χ1) is 13.5. The van der Waals surface area contributed by atoms with Gasteiger partial charge in [0.05, 0.1) is 6.54 Å². The van der Waals surface area contributed by atoms with E-state index in [0.29, 0.717) is 38.0 Å². The molecule has 146 valence electrons. The van der Waals surface area contributed by atoms with Gasteiger partial charge in [0.2, 0.25) is 11.8 Å². The molecule has 7 heteroatoms.